The van der Waals surface area contributed by atoms with Crippen molar-refractivity contribution >= 4 is 11.4 Å². The fraction of sp³-hybridized carbons (Fsp3) is 0.167. The van der Waals surface area contributed by atoms with Gasteiger partial charge in [-0.1, -0.05) is 24.0 Å². The number of pyridine rings is 2. The van der Waals surface area contributed by atoms with E-state index < -0.39 is 0 Å². The van der Waals surface area contributed by atoms with Crippen molar-refractivity contribution in [2.24, 2.45) is 0 Å². The maximum atomic E-state index is 4.34. The summed E-state index contributed by atoms with van der Waals surface area (Å²) >= 11 is 0. The molecule has 0 aliphatic rings. The SMILES string of the molecule is CN(C)c1ccnc(C#Cc2ccccc2C#Cc2cc(N(C)C)ccn2)c1. The van der Waals surface area contributed by atoms with Gasteiger partial charge in [0.15, 0.2) is 0 Å². The Balaban J connectivity index is 1.90. The quantitative estimate of drug-likeness (QED) is 0.651. The molecule has 0 radical (unpaired) electrons. The first-order chi connectivity index (χ1) is 13.5. The first kappa shape index (κ1) is 19.0. The Labute approximate surface area is 166 Å². The smallest absolute Gasteiger partial charge is 0.115 e. The summed E-state index contributed by atoms with van der Waals surface area (Å²) in [7, 11) is 7.99. The molecule has 2 heterocycles. The Kier molecular flexibility index (Phi) is 5.94. The van der Waals surface area contributed by atoms with Gasteiger partial charge in [-0.3, -0.25) is 0 Å². The largest absolute Gasteiger partial charge is 0.378 e. The molecule has 0 bridgehead atoms. The van der Waals surface area contributed by atoms with Gasteiger partial charge in [0, 0.05) is 63.1 Å². The molecule has 0 saturated carbocycles. The summed E-state index contributed by atoms with van der Waals surface area (Å²) in [5, 5.41) is 0. The second-order valence-electron chi connectivity index (χ2n) is 6.63. The third-order valence-electron chi connectivity index (χ3n) is 4.10. The molecule has 0 aliphatic heterocycles. The number of hydrogen-bond donors (Lipinski definition) is 0. The average molecular weight is 366 g/mol. The second kappa shape index (κ2) is 8.75. The summed E-state index contributed by atoms with van der Waals surface area (Å²) in [5.41, 5.74) is 5.34. The van der Waals surface area contributed by atoms with Crippen LogP contribution in [0.15, 0.2) is 60.9 Å². The summed E-state index contributed by atoms with van der Waals surface area (Å²) < 4.78 is 0. The number of hydrogen-bond acceptors (Lipinski definition) is 4. The van der Waals surface area contributed by atoms with Crippen LogP contribution in [0, 0.1) is 23.7 Å². The normalized spacial score (nSPS) is 9.57. The summed E-state index contributed by atoms with van der Waals surface area (Å²) in [4.78, 5) is 12.7. The molecule has 2 aromatic heterocycles. The summed E-state index contributed by atoms with van der Waals surface area (Å²) in [6, 6.07) is 15.7. The number of benzene rings is 1. The molecule has 0 saturated heterocycles. The van der Waals surface area contributed by atoms with Crippen LogP contribution in [0.3, 0.4) is 0 Å². The first-order valence-corrected chi connectivity index (χ1v) is 8.93. The lowest BCUT2D eigenvalue weighted by atomic mass is 10.1. The van der Waals surface area contributed by atoms with Gasteiger partial charge in [0.1, 0.15) is 11.4 Å². The first-order valence-electron chi connectivity index (χ1n) is 8.93. The number of rotatable bonds is 2. The molecule has 0 amide bonds. The fourth-order valence-corrected chi connectivity index (χ4v) is 2.50. The predicted molar refractivity (Wildman–Crippen MR) is 116 cm³/mol. The van der Waals surface area contributed by atoms with Crippen LogP contribution in [0.25, 0.3) is 0 Å². The van der Waals surface area contributed by atoms with Gasteiger partial charge in [-0.2, -0.15) is 0 Å². The van der Waals surface area contributed by atoms with Crippen molar-refractivity contribution in [3.05, 3.63) is 83.4 Å². The van der Waals surface area contributed by atoms with E-state index in [1.54, 1.807) is 12.4 Å². The van der Waals surface area contributed by atoms with Crippen molar-refractivity contribution in [2.75, 3.05) is 38.0 Å². The summed E-state index contributed by atoms with van der Waals surface area (Å²) in [5.74, 6) is 12.7. The minimum Gasteiger partial charge on any atom is -0.378 e. The molecule has 28 heavy (non-hydrogen) atoms. The van der Waals surface area contributed by atoms with Crippen LogP contribution in [0.4, 0.5) is 11.4 Å². The zero-order valence-electron chi connectivity index (χ0n) is 16.6. The molecular formula is C24H22N4. The Morgan fingerprint density at radius 2 is 1.04 bits per heavy atom. The van der Waals surface area contributed by atoms with E-state index in [0.29, 0.717) is 0 Å². The number of nitrogens with zero attached hydrogens (tertiary/aromatic N) is 4. The van der Waals surface area contributed by atoms with Gasteiger partial charge in [-0.05, 0) is 48.2 Å². The lowest BCUT2D eigenvalue weighted by Crippen LogP contribution is -2.08. The van der Waals surface area contributed by atoms with E-state index in [9.17, 15) is 0 Å². The van der Waals surface area contributed by atoms with E-state index >= 15 is 0 Å². The van der Waals surface area contributed by atoms with E-state index in [4.69, 9.17) is 0 Å². The standard InChI is InChI=1S/C24H22N4/c1-27(2)23-13-15-25-21(17-23)11-9-19-7-5-6-8-20(19)10-12-22-18-24(28(3)4)14-16-26-22/h5-8,13-18H,1-4H3. The van der Waals surface area contributed by atoms with Crippen molar-refractivity contribution in [2.45, 2.75) is 0 Å². The highest BCUT2D eigenvalue weighted by atomic mass is 15.1. The topological polar surface area (TPSA) is 32.3 Å². The Morgan fingerprint density at radius 1 is 0.607 bits per heavy atom. The van der Waals surface area contributed by atoms with E-state index in [-0.39, 0.29) is 0 Å². The van der Waals surface area contributed by atoms with Crippen LogP contribution in [-0.2, 0) is 0 Å². The van der Waals surface area contributed by atoms with Crippen LogP contribution in [0.1, 0.15) is 22.5 Å². The van der Waals surface area contributed by atoms with E-state index in [2.05, 4.69) is 33.6 Å². The lowest BCUT2D eigenvalue weighted by molar-refractivity contribution is 1.11. The van der Waals surface area contributed by atoms with Crippen LogP contribution in [-0.4, -0.2) is 38.2 Å². The average Bonchev–Trinajstić information content (AvgIpc) is 2.71. The maximum absolute atomic E-state index is 4.34. The van der Waals surface area contributed by atoms with Gasteiger partial charge in [0.25, 0.3) is 0 Å². The molecule has 0 spiro atoms. The Morgan fingerprint density at radius 3 is 1.43 bits per heavy atom. The molecule has 0 atom stereocenters. The van der Waals surface area contributed by atoms with E-state index in [1.165, 1.54) is 0 Å². The highest BCUT2D eigenvalue weighted by molar-refractivity contribution is 5.56. The molecular weight excluding hydrogens is 344 g/mol. The number of aromatic nitrogens is 2. The Hall–Kier alpha value is -3.76. The van der Waals surface area contributed by atoms with Gasteiger partial charge in [-0.15, -0.1) is 0 Å². The number of anilines is 2. The molecule has 3 rings (SSSR count). The molecule has 0 unspecified atom stereocenters. The molecule has 0 aliphatic carbocycles. The minimum atomic E-state index is 0.731. The highest BCUT2D eigenvalue weighted by Gasteiger charge is 1.99. The summed E-state index contributed by atoms with van der Waals surface area (Å²) in [6.07, 6.45) is 3.54. The fourth-order valence-electron chi connectivity index (χ4n) is 2.50. The molecule has 4 heteroatoms. The predicted octanol–water partition coefficient (Wildman–Crippen LogP) is 3.41. The molecule has 1 aromatic carbocycles. The van der Waals surface area contributed by atoms with Crippen LogP contribution in [0.2, 0.25) is 0 Å². The molecule has 3 aromatic rings. The highest BCUT2D eigenvalue weighted by Crippen LogP contribution is 2.12. The molecule has 0 fully saturated rings. The molecule has 4 nitrogen and oxygen atoms in total. The zero-order chi connectivity index (χ0) is 19.9. The zero-order valence-corrected chi connectivity index (χ0v) is 16.6. The van der Waals surface area contributed by atoms with Crippen molar-refractivity contribution in [1.82, 2.24) is 9.97 Å². The Bertz CT molecular complexity index is 1000. The van der Waals surface area contributed by atoms with Gasteiger partial charge >= 0.3 is 0 Å². The van der Waals surface area contributed by atoms with Gasteiger partial charge < -0.3 is 9.80 Å². The van der Waals surface area contributed by atoms with Crippen LogP contribution < -0.4 is 9.80 Å². The van der Waals surface area contributed by atoms with Gasteiger partial charge in [0.05, 0.1) is 0 Å². The van der Waals surface area contributed by atoms with Crippen LogP contribution in [0.5, 0.6) is 0 Å². The van der Waals surface area contributed by atoms with Crippen molar-refractivity contribution in [1.29, 1.82) is 0 Å². The van der Waals surface area contributed by atoms with Gasteiger partial charge in [0.2, 0.25) is 0 Å². The summed E-state index contributed by atoms with van der Waals surface area (Å²) in [6.45, 7) is 0. The monoisotopic (exact) mass is 366 g/mol. The van der Waals surface area contributed by atoms with Crippen molar-refractivity contribution in [3.63, 3.8) is 0 Å². The third-order valence-corrected chi connectivity index (χ3v) is 4.10. The third kappa shape index (κ3) is 4.90. The maximum Gasteiger partial charge on any atom is 0.115 e. The molecule has 0 N–H and O–H groups in total. The second-order valence-corrected chi connectivity index (χ2v) is 6.63. The van der Waals surface area contributed by atoms with Crippen molar-refractivity contribution < 1.29 is 0 Å². The molecule has 138 valence electrons. The lowest BCUT2D eigenvalue weighted by Gasteiger charge is -2.11. The van der Waals surface area contributed by atoms with Crippen molar-refractivity contribution in [3.8, 4) is 23.7 Å². The van der Waals surface area contributed by atoms with E-state index in [1.807, 2.05) is 86.5 Å². The minimum absolute atomic E-state index is 0.731. The van der Waals surface area contributed by atoms with Crippen LogP contribution >= 0.6 is 0 Å². The van der Waals surface area contributed by atoms with E-state index in [0.717, 1.165) is 33.9 Å². The van der Waals surface area contributed by atoms with Gasteiger partial charge in [-0.25, -0.2) is 9.97 Å².